The number of ether oxygens (including phenoxy) is 2. The van der Waals surface area contributed by atoms with E-state index in [2.05, 4.69) is 0 Å². The zero-order valence-electron chi connectivity index (χ0n) is 11.0. The fourth-order valence-corrected chi connectivity index (χ4v) is 1.65. The molecule has 0 amide bonds. The molecule has 1 aromatic rings. The zero-order valence-corrected chi connectivity index (χ0v) is 11.0. The van der Waals surface area contributed by atoms with Gasteiger partial charge in [0.25, 0.3) is 0 Å². The van der Waals surface area contributed by atoms with Crippen molar-refractivity contribution in [3.63, 3.8) is 0 Å². The molecule has 0 unspecified atom stereocenters. The number of carboxylic acid groups (broad SMARTS) is 1. The van der Waals surface area contributed by atoms with Crippen LogP contribution in [0, 0.1) is 0 Å². The lowest BCUT2D eigenvalue weighted by Crippen LogP contribution is -2.22. The Labute approximate surface area is 107 Å². The van der Waals surface area contributed by atoms with E-state index in [1.165, 1.54) is 0 Å². The molecule has 18 heavy (non-hydrogen) atoms. The van der Waals surface area contributed by atoms with Crippen LogP contribution in [-0.4, -0.2) is 50.4 Å². The number of carboxylic acids is 1. The minimum Gasteiger partial charge on any atom is -0.496 e. The summed E-state index contributed by atoms with van der Waals surface area (Å²) in [5, 5.41) is 8.97. The van der Waals surface area contributed by atoms with Gasteiger partial charge in [-0.05, 0) is 25.2 Å². The van der Waals surface area contributed by atoms with E-state index in [4.69, 9.17) is 14.6 Å². The molecule has 0 spiro atoms. The zero-order chi connectivity index (χ0) is 13.5. The van der Waals surface area contributed by atoms with Crippen molar-refractivity contribution < 1.29 is 19.4 Å². The molecule has 0 radical (unpaired) electrons. The summed E-state index contributed by atoms with van der Waals surface area (Å²) in [7, 11) is 5.18. The van der Waals surface area contributed by atoms with Gasteiger partial charge in [0.05, 0.1) is 19.3 Å². The Morgan fingerprint density at radius 3 is 2.67 bits per heavy atom. The highest BCUT2D eigenvalue weighted by atomic mass is 16.5. The van der Waals surface area contributed by atoms with Crippen molar-refractivity contribution in [1.82, 2.24) is 4.90 Å². The van der Waals surface area contributed by atoms with Crippen molar-refractivity contribution in [3.05, 3.63) is 29.3 Å². The first-order chi connectivity index (χ1) is 8.58. The standard InChI is InChI=1S/C13H19NO4/c1-14(6-7-17-2)9-11-8-10(13(15)16)4-5-12(11)18-3/h4-5,8H,6-7,9H2,1-3H3,(H,15,16). The number of nitrogens with zero attached hydrogens (tertiary/aromatic N) is 1. The minimum atomic E-state index is -0.932. The van der Waals surface area contributed by atoms with Crippen LogP contribution in [0.1, 0.15) is 15.9 Å². The van der Waals surface area contributed by atoms with Gasteiger partial charge in [-0.25, -0.2) is 4.79 Å². The maximum absolute atomic E-state index is 10.9. The van der Waals surface area contributed by atoms with Crippen LogP contribution in [0.25, 0.3) is 0 Å². The van der Waals surface area contributed by atoms with Crippen LogP contribution >= 0.6 is 0 Å². The lowest BCUT2D eigenvalue weighted by molar-refractivity contribution is 0.0696. The van der Waals surface area contributed by atoms with E-state index < -0.39 is 5.97 Å². The highest BCUT2D eigenvalue weighted by Crippen LogP contribution is 2.21. The van der Waals surface area contributed by atoms with Crippen LogP contribution < -0.4 is 4.74 Å². The number of carbonyl (C=O) groups is 1. The first-order valence-electron chi connectivity index (χ1n) is 5.66. The molecule has 5 nitrogen and oxygen atoms in total. The Bertz CT molecular complexity index is 406. The van der Waals surface area contributed by atoms with Crippen LogP contribution in [0.4, 0.5) is 0 Å². The maximum Gasteiger partial charge on any atom is 0.335 e. The molecular weight excluding hydrogens is 234 g/mol. The molecule has 100 valence electrons. The Hall–Kier alpha value is -1.59. The van der Waals surface area contributed by atoms with Gasteiger partial charge in [-0.15, -0.1) is 0 Å². The Morgan fingerprint density at radius 1 is 1.39 bits per heavy atom. The quantitative estimate of drug-likeness (QED) is 0.797. The highest BCUT2D eigenvalue weighted by Gasteiger charge is 2.10. The summed E-state index contributed by atoms with van der Waals surface area (Å²) in [5.41, 5.74) is 1.13. The van der Waals surface area contributed by atoms with Gasteiger partial charge in [-0.3, -0.25) is 4.90 Å². The van der Waals surface area contributed by atoms with Crippen LogP contribution in [0.2, 0.25) is 0 Å². The molecule has 0 bridgehead atoms. The van der Waals surface area contributed by atoms with Crippen molar-refractivity contribution in [2.24, 2.45) is 0 Å². The summed E-state index contributed by atoms with van der Waals surface area (Å²) in [4.78, 5) is 13.0. The van der Waals surface area contributed by atoms with Crippen molar-refractivity contribution >= 4 is 5.97 Å². The summed E-state index contributed by atoms with van der Waals surface area (Å²) >= 11 is 0. The van der Waals surface area contributed by atoms with E-state index >= 15 is 0 Å². The average molecular weight is 253 g/mol. The van der Waals surface area contributed by atoms with E-state index in [1.807, 2.05) is 11.9 Å². The van der Waals surface area contributed by atoms with E-state index in [0.29, 0.717) is 18.9 Å². The smallest absolute Gasteiger partial charge is 0.335 e. The van der Waals surface area contributed by atoms with Gasteiger partial charge in [0.15, 0.2) is 0 Å². The number of benzene rings is 1. The molecule has 0 saturated heterocycles. The summed E-state index contributed by atoms with van der Waals surface area (Å²) < 4.78 is 10.2. The molecule has 1 aromatic carbocycles. The molecule has 0 saturated carbocycles. The molecule has 0 aliphatic rings. The number of likely N-dealkylation sites (N-methyl/N-ethyl adjacent to an activating group) is 1. The minimum absolute atomic E-state index is 0.269. The molecule has 5 heteroatoms. The predicted molar refractivity (Wildman–Crippen MR) is 68.2 cm³/mol. The maximum atomic E-state index is 10.9. The van der Waals surface area contributed by atoms with Gasteiger partial charge >= 0.3 is 5.97 Å². The lowest BCUT2D eigenvalue weighted by atomic mass is 10.1. The second-order valence-corrected chi connectivity index (χ2v) is 4.06. The monoisotopic (exact) mass is 253 g/mol. The molecule has 0 aliphatic heterocycles. The van der Waals surface area contributed by atoms with Crippen LogP contribution in [-0.2, 0) is 11.3 Å². The van der Waals surface area contributed by atoms with Gasteiger partial charge in [0.1, 0.15) is 5.75 Å². The number of hydrogen-bond donors (Lipinski definition) is 1. The van der Waals surface area contributed by atoms with Crippen LogP contribution in [0.15, 0.2) is 18.2 Å². The highest BCUT2D eigenvalue weighted by molar-refractivity contribution is 5.88. The third-order valence-corrected chi connectivity index (χ3v) is 2.64. The molecule has 0 fully saturated rings. The van der Waals surface area contributed by atoms with E-state index in [1.54, 1.807) is 32.4 Å². The second kappa shape index (κ2) is 6.98. The van der Waals surface area contributed by atoms with Gasteiger partial charge in [0, 0.05) is 25.8 Å². The normalized spacial score (nSPS) is 10.7. The third-order valence-electron chi connectivity index (χ3n) is 2.64. The largest absolute Gasteiger partial charge is 0.496 e. The van der Waals surface area contributed by atoms with Crippen molar-refractivity contribution in [2.45, 2.75) is 6.54 Å². The average Bonchev–Trinajstić information content (AvgIpc) is 2.36. The van der Waals surface area contributed by atoms with Crippen molar-refractivity contribution in [3.8, 4) is 5.75 Å². The molecule has 0 aliphatic carbocycles. The number of aromatic carboxylic acids is 1. The van der Waals surface area contributed by atoms with Crippen molar-refractivity contribution in [1.29, 1.82) is 0 Å². The second-order valence-electron chi connectivity index (χ2n) is 4.06. The van der Waals surface area contributed by atoms with Gasteiger partial charge < -0.3 is 14.6 Å². The summed E-state index contributed by atoms with van der Waals surface area (Å²) in [5.74, 6) is -0.234. The predicted octanol–water partition coefficient (Wildman–Crippen LogP) is 1.47. The lowest BCUT2D eigenvalue weighted by Gasteiger charge is -2.18. The molecule has 1 rings (SSSR count). The topological polar surface area (TPSA) is 59.0 Å². The van der Waals surface area contributed by atoms with Gasteiger partial charge in [0.2, 0.25) is 0 Å². The van der Waals surface area contributed by atoms with Gasteiger partial charge in [-0.2, -0.15) is 0 Å². The van der Waals surface area contributed by atoms with Crippen molar-refractivity contribution in [2.75, 3.05) is 34.4 Å². The Balaban J connectivity index is 2.84. The Morgan fingerprint density at radius 2 is 2.11 bits per heavy atom. The van der Waals surface area contributed by atoms with E-state index in [0.717, 1.165) is 12.1 Å². The first-order valence-corrected chi connectivity index (χ1v) is 5.66. The molecule has 0 heterocycles. The number of rotatable bonds is 7. The summed E-state index contributed by atoms with van der Waals surface area (Å²) in [6.07, 6.45) is 0. The van der Waals surface area contributed by atoms with Crippen LogP contribution in [0.5, 0.6) is 5.75 Å². The molecule has 1 N–H and O–H groups in total. The molecule has 0 atom stereocenters. The molecule has 0 aromatic heterocycles. The SMILES string of the molecule is COCCN(C)Cc1cc(C(=O)O)ccc1OC. The fourth-order valence-electron chi connectivity index (χ4n) is 1.65. The van der Waals surface area contributed by atoms with E-state index in [-0.39, 0.29) is 5.56 Å². The summed E-state index contributed by atoms with van der Waals surface area (Å²) in [6, 6.07) is 4.87. The number of hydrogen-bond acceptors (Lipinski definition) is 4. The molecular formula is C13H19NO4. The van der Waals surface area contributed by atoms with Crippen LogP contribution in [0.3, 0.4) is 0 Å². The Kier molecular flexibility index (Phi) is 5.61. The third kappa shape index (κ3) is 4.01. The summed E-state index contributed by atoms with van der Waals surface area (Å²) in [6.45, 7) is 2.03. The number of methoxy groups -OCH3 is 2. The fraction of sp³-hybridized carbons (Fsp3) is 0.462. The first kappa shape index (κ1) is 14.5. The van der Waals surface area contributed by atoms with Gasteiger partial charge in [-0.1, -0.05) is 0 Å². The van der Waals surface area contributed by atoms with E-state index in [9.17, 15) is 4.79 Å².